The number of nitrogens with one attached hydrogen (secondary N) is 2. The number of benzene rings is 1. The molecule has 0 amide bonds. The van der Waals surface area contributed by atoms with Gasteiger partial charge in [0.25, 0.3) is 0 Å². The smallest absolute Gasteiger partial charge is 0.126 e. The van der Waals surface area contributed by atoms with E-state index in [9.17, 15) is 9.18 Å². The van der Waals surface area contributed by atoms with Gasteiger partial charge >= 0.3 is 0 Å². The van der Waals surface area contributed by atoms with Gasteiger partial charge in [0.1, 0.15) is 23.7 Å². The number of rotatable bonds is 7. The van der Waals surface area contributed by atoms with E-state index < -0.39 is 0 Å². The zero-order valence-electron chi connectivity index (χ0n) is 16.3. The first-order valence-electron chi connectivity index (χ1n) is 9.94. The van der Waals surface area contributed by atoms with Crippen LogP contribution in [0, 0.1) is 11.7 Å². The third-order valence-electron chi connectivity index (χ3n) is 5.26. The lowest BCUT2D eigenvalue weighted by Gasteiger charge is -2.15. The summed E-state index contributed by atoms with van der Waals surface area (Å²) in [6.45, 7) is 0.463. The third kappa shape index (κ3) is 4.94. The van der Waals surface area contributed by atoms with E-state index in [-0.39, 0.29) is 17.8 Å². The van der Waals surface area contributed by atoms with E-state index in [1.54, 1.807) is 12.3 Å². The summed E-state index contributed by atoms with van der Waals surface area (Å²) in [5, 5.41) is 7.13. The summed E-state index contributed by atoms with van der Waals surface area (Å²) in [4.78, 5) is 20.0. The Bertz CT molecular complexity index is 1050. The summed E-state index contributed by atoms with van der Waals surface area (Å²) in [5.74, 6) is 1.24. The second-order valence-corrected chi connectivity index (χ2v) is 7.90. The highest BCUT2D eigenvalue weighted by Crippen LogP contribution is 2.31. The standard InChI is InChI=1S/C23H22ClFN4O/c24-20-13-27-23(28-18-8-7-16(10-18)14-30)11-19(20)21-5-2-6-22(29-21)26-12-15-3-1-4-17(25)9-15/h1-6,9,11,13-14,16,18H,7-8,10,12H2,(H,26,29)(H,27,28)/t16-,18+/m0/s1. The molecule has 1 saturated carbocycles. The largest absolute Gasteiger partial charge is 0.367 e. The van der Waals surface area contributed by atoms with E-state index in [0.29, 0.717) is 28.9 Å². The number of nitrogens with zero attached hydrogens (tertiary/aromatic N) is 2. The molecule has 4 rings (SSSR count). The highest BCUT2D eigenvalue weighted by atomic mass is 35.5. The summed E-state index contributed by atoms with van der Waals surface area (Å²) < 4.78 is 13.4. The fraction of sp³-hybridized carbons (Fsp3) is 0.261. The van der Waals surface area contributed by atoms with Crippen molar-refractivity contribution in [1.29, 1.82) is 0 Å². The molecular weight excluding hydrogens is 403 g/mol. The van der Waals surface area contributed by atoms with Crippen LogP contribution in [-0.4, -0.2) is 22.3 Å². The van der Waals surface area contributed by atoms with E-state index >= 15 is 0 Å². The first-order chi connectivity index (χ1) is 14.6. The van der Waals surface area contributed by atoms with Crippen LogP contribution in [0.1, 0.15) is 24.8 Å². The average molecular weight is 425 g/mol. The highest BCUT2D eigenvalue weighted by Gasteiger charge is 2.24. The molecule has 3 aromatic rings. The molecule has 0 aliphatic heterocycles. The Morgan fingerprint density at radius 3 is 2.80 bits per heavy atom. The molecule has 0 radical (unpaired) electrons. The van der Waals surface area contributed by atoms with Crippen LogP contribution in [-0.2, 0) is 11.3 Å². The van der Waals surface area contributed by atoms with Gasteiger partial charge in [-0.15, -0.1) is 0 Å². The number of aldehydes is 1. The lowest BCUT2D eigenvalue weighted by Crippen LogP contribution is -2.16. The summed E-state index contributed by atoms with van der Waals surface area (Å²) in [6.07, 6.45) is 5.32. The Kier molecular flexibility index (Phi) is 6.23. The number of carbonyl (C=O) groups is 1. The summed E-state index contributed by atoms with van der Waals surface area (Å²) in [5.41, 5.74) is 2.32. The van der Waals surface area contributed by atoms with Crippen molar-refractivity contribution in [3.05, 3.63) is 71.1 Å². The van der Waals surface area contributed by atoms with Gasteiger partial charge in [0.15, 0.2) is 0 Å². The van der Waals surface area contributed by atoms with Gasteiger partial charge in [0.05, 0.1) is 10.7 Å². The molecule has 0 saturated heterocycles. The van der Waals surface area contributed by atoms with Gasteiger partial charge in [-0.2, -0.15) is 0 Å². The predicted molar refractivity (Wildman–Crippen MR) is 117 cm³/mol. The van der Waals surface area contributed by atoms with Gasteiger partial charge in [-0.25, -0.2) is 14.4 Å². The second kappa shape index (κ2) is 9.22. The highest BCUT2D eigenvalue weighted by molar-refractivity contribution is 6.33. The molecule has 1 aliphatic rings. The van der Waals surface area contributed by atoms with Crippen LogP contribution in [0.15, 0.2) is 54.7 Å². The quantitative estimate of drug-likeness (QED) is 0.502. The summed E-state index contributed by atoms with van der Waals surface area (Å²) in [6, 6.07) is 14.2. The van der Waals surface area contributed by atoms with Crippen molar-refractivity contribution in [1.82, 2.24) is 9.97 Å². The number of pyridine rings is 2. The second-order valence-electron chi connectivity index (χ2n) is 7.49. The van der Waals surface area contributed by atoms with E-state index in [4.69, 9.17) is 11.6 Å². The number of aromatic nitrogens is 2. The average Bonchev–Trinajstić information content (AvgIpc) is 3.21. The molecule has 2 aromatic heterocycles. The lowest BCUT2D eigenvalue weighted by molar-refractivity contribution is -0.110. The topological polar surface area (TPSA) is 66.9 Å². The molecule has 30 heavy (non-hydrogen) atoms. The van der Waals surface area contributed by atoms with E-state index in [1.807, 2.05) is 30.3 Å². The maximum Gasteiger partial charge on any atom is 0.126 e. The molecule has 2 atom stereocenters. The molecule has 2 N–H and O–H groups in total. The molecule has 0 bridgehead atoms. The van der Waals surface area contributed by atoms with Crippen LogP contribution in [0.5, 0.6) is 0 Å². The van der Waals surface area contributed by atoms with Crippen molar-refractivity contribution in [3.8, 4) is 11.3 Å². The van der Waals surface area contributed by atoms with Crippen molar-refractivity contribution in [2.24, 2.45) is 5.92 Å². The predicted octanol–water partition coefficient (Wildman–Crippen LogP) is 5.33. The van der Waals surface area contributed by atoms with E-state index in [1.165, 1.54) is 12.1 Å². The van der Waals surface area contributed by atoms with Gasteiger partial charge in [-0.1, -0.05) is 29.8 Å². The zero-order chi connectivity index (χ0) is 20.9. The minimum Gasteiger partial charge on any atom is -0.367 e. The van der Waals surface area contributed by atoms with Gasteiger partial charge in [0.2, 0.25) is 0 Å². The third-order valence-corrected chi connectivity index (χ3v) is 5.56. The fourth-order valence-corrected chi connectivity index (χ4v) is 3.92. The van der Waals surface area contributed by atoms with Crippen molar-refractivity contribution >= 4 is 29.5 Å². The van der Waals surface area contributed by atoms with Crippen LogP contribution < -0.4 is 10.6 Å². The number of anilines is 2. The van der Waals surface area contributed by atoms with Crippen LogP contribution >= 0.6 is 11.6 Å². The molecule has 1 aromatic carbocycles. The van der Waals surface area contributed by atoms with Gasteiger partial charge < -0.3 is 15.4 Å². The minimum atomic E-state index is -0.263. The zero-order valence-corrected chi connectivity index (χ0v) is 17.1. The molecular formula is C23H22ClFN4O. The van der Waals surface area contributed by atoms with Crippen molar-refractivity contribution in [2.45, 2.75) is 31.8 Å². The Morgan fingerprint density at radius 2 is 2.00 bits per heavy atom. The molecule has 7 heteroatoms. The Balaban J connectivity index is 1.49. The number of hydrogen-bond donors (Lipinski definition) is 2. The van der Waals surface area contributed by atoms with Crippen molar-refractivity contribution < 1.29 is 9.18 Å². The van der Waals surface area contributed by atoms with Crippen molar-refractivity contribution in [3.63, 3.8) is 0 Å². The normalized spacial score (nSPS) is 18.2. The monoisotopic (exact) mass is 424 g/mol. The van der Waals surface area contributed by atoms with Gasteiger partial charge in [-0.05, 0) is 55.2 Å². The fourth-order valence-electron chi connectivity index (χ4n) is 3.72. The molecule has 0 unspecified atom stereocenters. The molecule has 1 aliphatic carbocycles. The van der Waals surface area contributed by atoms with E-state index in [0.717, 1.165) is 36.7 Å². The van der Waals surface area contributed by atoms with E-state index in [2.05, 4.69) is 20.6 Å². The maximum atomic E-state index is 13.4. The number of hydrogen-bond acceptors (Lipinski definition) is 5. The Morgan fingerprint density at radius 1 is 1.13 bits per heavy atom. The first kappa shape index (κ1) is 20.3. The Hall–Kier alpha value is -2.99. The van der Waals surface area contributed by atoms with Crippen LogP contribution in [0.4, 0.5) is 16.0 Å². The maximum absolute atomic E-state index is 13.4. The Labute approximate surface area is 179 Å². The first-order valence-corrected chi connectivity index (χ1v) is 10.3. The van der Waals surface area contributed by atoms with Crippen LogP contribution in [0.3, 0.4) is 0 Å². The molecule has 154 valence electrons. The SMILES string of the molecule is O=C[C@H]1CC[C@@H](Nc2cc(-c3cccc(NCc4cccc(F)c4)n3)c(Cl)cn2)C1. The molecule has 1 fully saturated rings. The van der Waals surface area contributed by atoms with Crippen LogP contribution in [0.2, 0.25) is 5.02 Å². The summed E-state index contributed by atoms with van der Waals surface area (Å²) >= 11 is 6.40. The molecule has 2 heterocycles. The molecule has 0 spiro atoms. The van der Waals surface area contributed by atoms with Gasteiger partial charge in [0, 0.05) is 30.3 Å². The lowest BCUT2D eigenvalue weighted by atomic mass is 10.1. The van der Waals surface area contributed by atoms with Crippen molar-refractivity contribution in [2.75, 3.05) is 10.6 Å². The van der Waals surface area contributed by atoms with Gasteiger partial charge in [-0.3, -0.25) is 0 Å². The van der Waals surface area contributed by atoms with Crippen LogP contribution in [0.25, 0.3) is 11.3 Å². The summed E-state index contributed by atoms with van der Waals surface area (Å²) in [7, 11) is 0. The molecule has 5 nitrogen and oxygen atoms in total. The minimum absolute atomic E-state index is 0.122. The number of halogens is 2. The number of carbonyl (C=O) groups excluding carboxylic acids is 1.